The van der Waals surface area contributed by atoms with Crippen molar-refractivity contribution in [2.24, 2.45) is 0 Å². The largest absolute Gasteiger partial charge is 0.459 e. The van der Waals surface area contributed by atoms with Crippen LogP contribution < -0.4 is 0 Å². The molecule has 0 aliphatic heterocycles. The zero-order valence-electron chi connectivity index (χ0n) is 8.37. The number of aryl methyl sites for hydroxylation is 1. The summed E-state index contributed by atoms with van der Waals surface area (Å²) in [4.78, 5) is 0. The van der Waals surface area contributed by atoms with Gasteiger partial charge in [0.25, 0.3) is 0 Å². The summed E-state index contributed by atoms with van der Waals surface area (Å²) in [5.74, 6) is 3.64. The standard InChI is InChI=1S/C13H12O/c1-4-9(2)13-10(3)11-7-5-6-8-12(11)14-13/h1,5-9H,2-3H3. The molecule has 2 aromatic rings. The van der Waals surface area contributed by atoms with E-state index in [9.17, 15) is 0 Å². The van der Waals surface area contributed by atoms with Crippen LogP contribution in [0.2, 0.25) is 0 Å². The van der Waals surface area contributed by atoms with Gasteiger partial charge in [-0.15, -0.1) is 6.42 Å². The Morgan fingerprint density at radius 2 is 2.07 bits per heavy atom. The van der Waals surface area contributed by atoms with E-state index in [0.717, 1.165) is 22.3 Å². The van der Waals surface area contributed by atoms with Gasteiger partial charge in [0.2, 0.25) is 0 Å². The molecule has 0 aliphatic carbocycles. The minimum atomic E-state index is 0.0439. The third-order valence-electron chi connectivity index (χ3n) is 2.52. The highest BCUT2D eigenvalue weighted by Gasteiger charge is 2.13. The van der Waals surface area contributed by atoms with Crippen LogP contribution in [0.15, 0.2) is 28.7 Å². The summed E-state index contributed by atoms with van der Waals surface area (Å²) in [7, 11) is 0. The van der Waals surface area contributed by atoms with E-state index < -0.39 is 0 Å². The number of terminal acetylenes is 1. The van der Waals surface area contributed by atoms with Crippen LogP contribution in [0.1, 0.15) is 24.2 Å². The number of hydrogen-bond acceptors (Lipinski definition) is 1. The Morgan fingerprint density at radius 1 is 1.36 bits per heavy atom. The van der Waals surface area contributed by atoms with E-state index in [2.05, 4.69) is 18.9 Å². The number of para-hydroxylation sites is 1. The summed E-state index contributed by atoms with van der Waals surface area (Å²) in [5.41, 5.74) is 2.08. The fourth-order valence-corrected chi connectivity index (χ4v) is 1.68. The van der Waals surface area contributed by atoms with Gasteiger partial charge in [0.15, 0.2) is 0 Å². The minimum absolute atomic E-state index is 0.0439. The zero-order valence-corrected chi connectivity index (χ0v) is 8.37. The highest BCUT2D eigenvalue weighted by atomic mass is 16.3. The van der Waals surface area contributed by atoms with E-state index in [1.54, 1.807) is 0 Å². The fraction of sp³-hybridized carbons (Fsp3) is 0.231. The molecule has 0 fully saturated rings. The first-order chi connectivity index (χ1) is 6.74. The molecule has 0 saturated carbocycles. The maximum atomic E-state index is 5.71. The molecule has 1 heterocycles. The van der Waals surface area contributed by atoms with Gasteiger partial charge in [-0.3, -0.25) is 0 Å². The quantitative estimate of drug-likeness (QED) is 0.618. The second-order valence-corrected chi connectivity index (χ2v) is 3.48. The highest BCUT2D eigenvalue weighted by molar-refractivity contribution is 5.82. The number of fused-ring (bicyclic) bond motifs is 1. The third-order valence-corrected chi connectivity index (χ3v) is 2.52. The van der Waals surface area contributed by atoms with Crippen molar-refractivity contribution >= 4 is 11.0 Å². The average molecular weight is 184 g/mol. The first-order valence-electron chi connectivity index (χ1n) is 4.68. The molecule has 14 heavy (non-hydrogen) atoms. The Morgan fingerprint density at radius 3 is 2.71 bits per heavy atom. The first kappa shape index (κ1) is 8.90. The Kier molecular flexibility index (Phi) is 2.05. The van der Waals surface area contributed by atoms with E-state index in [1.807, 2.05) is 25.1 Å². The van der Waals surface area contributed by atoms with E-state index in [-0.39, 0.29) is 5.92 Å². The monoisotopic (exact) mass is 184 g/mol. The van der Waals surface area contributed by atoms with Crippen LogP contribution in [0, 0.1) is 19.3 Å². The second kappa shape index (κ2) is 3.23. The molecule has 0 N–H and O–H groups in total. The van der Waals surface area contributed by atoms with Crippen molar-refractivity contribution in [2.45, 2.75) is 19.8 Å². The van der Waals surface area contributed by atoms with Gasteiger partial charge >= 0.3 is 0 Å². The van der Waals surface area contributed by atoms with Crippen LogP contribution in [0.4, 0.5) is 0 Å². The van der Waals surface area contributed by atoms with Gasteiger partial charge in [0, 0.05) is 5.39 Å². The predicted molar refractivity (Wildman–Crippen MR) is 58.2 cm³/mol. The van der Waals surface area contributed by atoms with Gasteiger partial charge in [-0.25, -0.2) is 0 Å². The molecule has 0 aliphatic rings. The van der Waals surface area contributed by atoms with Crippen molar-refractivity contribution in [1.82, 2.24) is 0 Å². The molecular weight excluding hydrogens is 172 g/mol. The number of furan rings is 1. The fourth-order valence-electron chi connectivity index (χ4n) is 1.68. The smallest absolute Gasteiger partial charge is 0.134 e. The second-order valence-electron chi connectivity index (χ2n) is 3.48. The van der Waals surface area contributed by atoms with Crippen LogP contribution >= 0.6 is 0 Å². The molecule has 0 spiro atoms. The Bertz CT molecular complexity index is 499. The molecule has 70 valence electrons. The van der Waals surface area contributed by atoms with Gasteiger partial charge in [-0.2, -0.15) is 0 Å². The SMILES string of the molecule is C#CC(C)c1oc2ccccc2c1C. The lowest BCUT2D eigenvalue weighted by atomic mass is 10.0. The van der Waals surface area contributed by atoms with Crippen molar-refractivity contribution in [3.8, 4) is 12.3 Å². The Hall–Kier alpha value is -1.68. The van der Waals surface area contributed by atoms with Crippen LogP contribution in [0.5, 0.6) is 0 Å². The molecule has 1 nitrogen and oxygen atoms in total. The third kappa shape index (κ3) is 1.20. The summed E-state index contributed by atoms with van der Waals surface area (Å²) in [5, 5.41) is 1.16. The van der Waals surface area contributed by atoms with Gasteiger partial charge in [0.1, 0.15) is 11.3 Å². The van der Waals surface area contributed by atoms with Gasteiger partial charge in [0.05, 0.1) is 5.92 Å². The number of hydrogen-bond donors (Lipinski definition) is 0. The number of benzene rings is 1. The number of rotatable bonds is 1. The zero-order chi connectivity index (χ0) is 10.1. The minimum Gasteiger partial charge on any atom is -0.459 e. The van der Waals surface area contributed by atoms with Gasteiger partial charge < -0.3 is 4.42 Å². The van der Waals surface area contributed by atoms with E-state index in [1.165, 1.54) is 0 Å². The van der Waals surface area contributed by atoms with Gasteiger partial charge in [-0.1, -0.05) is 24.1 Å². The van der Waals surface area contributed by atoms with Crippen molar-refractivity contribution < 1.29 is 4.42 Å². The van der Waals surface area contributed by atoms with Crippen molar-refractivity contribution in [3.05, 3.63) is 35.6 Å². The molecule has 1 unspecified atom stereocenters. The Balaban J connectivity index is 2.70. The molecular formula is C13H12O. The average Bonchev–Trinajstić information content (AvgIpc) is 2.56. The molecule has 1 aromatic carbocycles. The maximum Gasteiger partial charge on any atom is 0.134 e. The molecule has 1 heteroatoms. The summed E-state index contributed by atoms with van der Waals surface area (Å²) < 4.78 is 5.71. The van der Waals surface area contributed by atoms with E-state index >= 15 is 0 Å². The lowest BCUT2D eigenvalue weighted by Gasteiger charge is -1.99. The van der Waals surface area contributed by atoms with E-state index in [0.29, 0.717) is 0 Å². The molecule has 0 saturated heterocycles. The normalized spacial score (nSPS) is 12.6. The molecule has 1 atom stereocenters. The summed E-state index contributed by atoms with van der Waals surface area (Å²) in [6.45, 7) is 4.03. The van der Waals surface area contributed by atoms with E-state index in [4.69, 9.17) is 10.8 Å². The molecule has 0 radical (unpaired) electrons. The summed E-state index contributed by atoms with van der Waals surface area (Å²) in [6.07, 6.45) is 5.38. The lowest BCUT2D eigenvalue weighted by Crippen LogP contribution is -1.88. The van der Waals surface area contributed by atoms with Crippen LogP contribution in [-0.2, 0) is 0 Å². The molecule has 0 bridgehead atoms. The molecule has 2 rings (SSSR count). The Labute approximate surface area is 83.7 Å². The predicted octanol–water partition coefficient (Wildman–Crippen LogP) is 3.48. The topological polar surface area (TPSA) is 13.1 Å². The van der Waals surface area contributed by atoms with Crippen LogP contribution in [0.3, 0.4) is 0 Å². The highest BCUT2D eigenvalue weighted by Crippen LogP contribution is 2.29. The van der Waals surface area contributed by atoms with Crippen molar-refractivity contribution in [1.29, 1.82) is 0 Å². The van der Waals surface area contributed by atoms with Crippen LogP contribution in [0.25, 0.3) is 11.0 Å². The van der Waals surface area contributed by atoms with Crippen LogP contribution in [-0.4, -0.2) is 0 Å². The van der Waals surface area contributed by atoms with Crippen molar-refractivity contribution in [2.75, 3.05) is 0 Å². The summed E-state index contributed by atoms with van der Waals surface area (Å²) in [6, 6.07) is 8.00. The summed E-state index contributed by atoms with van der Waals surface area (Å²) >= 11 is 0. The maximum absolute atomic E-state index is 5.71. The molecule has 1 aromatic heterocycles. The first-order valence-corrected chi connectivity index (χ1v) is 4.68. The molecule has 0 amide bonds. The van der Waals surface area contributed by atoms with Crippen molar-refractivity contribution in [3.63, 3.8) is 0 Å². The lowest BCUT2D eigenvalue weighted by molar-refractivity contribution is 0.538. The van der Waals surface area contributed by atoms with Gasteiger partial charge in [-0.05, 0) is 25.5 Å².